The van der Waals surface area contributed by atoms with Crippen LogP contribution in [-0.2, 0) is 4.74 Å². The first kappa shape index (κ1) is 15.5. The third-order valence-corrected chi connectivity index (χ3v) is 4.53. The van der Waals surface area contributed by atoms with Crippen molar-refractivity contribution >= 4 is 17.3 Å². The number of thiazole rings is 1. The Morgan fingerprint density at radius 3 is 2.65 bits per heavy atom. The van der Waals surface area contributed by atoms with Crippen LogP contribution >= 0.6 is 11.3 Å². The predicted molar refractivity (Wildman–Crippen MR) is 92.8 cm³/mol. The van der Waals surface area contributed by atoms with E-state index < -0.39 is 0 Å². The summed E-state index contributed by atoms with van der Waals surface area (Å²) in [4.78, 5) is 20.2. The van der Waals surface area contributed by atoms with Crippen LogP contribution in [0, 0.1) is 13.8 Å². The molecule has 0 saturated carbocycles. The van der Waals surface area contributed by atoms with Crippen LogP contribution in [0.2, 0.25) is 0 Å². The molecule has 0 spiro atoms. The fourth-order valence-electron chi connectivity index (χ4n) is 2.66. The summed E-state index contributed by atoms with van der Waals surface area (Å²) in [6.45, 7) is 6.00. The molecule has 3 aromatic rings. The second-order valence-electron chi connectivity index (χ2n) is 5.25. The number of nitrogens with zero attached hydrogens (tertiary/aromatic N) is 1. The van der Waals surface area contributed by atoms with Gasteiger partial charge in [0.1, 0.15) is 5.01 Å². The van der Waals surface area contributed by atoms with E-state index in [4.69, 9.17) is 9.72 Å². The lowest BCUT2D eigenvalue weighted by molar-refractivity contribution is 0.0526. The van der Waals surface area contributed by atoms with E-state index in [0.29, 0.717) is 12.2 Å². The van der Waals surface area contributed by atoms with Crippen molar-refractivity contribution in [2.24, 2.45) is 0 Å². The molecule has 4 nitrogen and oxygen atoms in total. The highest BCUT2D eigenvalue weighted by molar-refractivity contribution is 7.13. The van der Waals surface area contributed by atoms with Gasteiger partial charge in [-0.1, -0.05) is 30.3 Å². The maximum atomic E-state index is 12.3. The third-order valence-electron chi connectivity index (χ3n) is 3.64. The van der Waals surface area contributed by atoms with Crippen molar-refractivity contribution in [3.63, 3.8) is 0 Å². The van der Waals surface area contributed by atoms with E-state index in [1.807, 2.05) is 56.5 Å². The molecule has 0 radical (unpaired) electrons. The predicted octanol–water partition coefficient (Wildman–Crippen LogP) is 4.60. The molecule has 1 aromatic carbocycles. The van der Waals surface area contributed by atoms with E-state index in [0.717, 1.165) is 33.2 Å². The average Bonchev–Trinajstić information content (AvgIpc) is 3.12. The third kappa shape index (κ3) is 2.92. The minimum atomic E-state index is -0.307. The fraction of sp³-hybridized carbons (Fsp3) is 0.222. The Hall–Kier alpha value is -2.40. The molecule has 0 aliphatic carbocycles. The van der Waals surface area contributed by atoms with Gasteiger partial charge in [0.2, 0.25) is 0 Å². The van der Waals surface area contributed by atoms with Gasteiger partial charge in [0.25, 0.3) is 0 Å². The Labute approximate surface area is 139 Å². The summed E-state index contributed by atoms with van der Waals surface area (Å²) in [6.07, 6.45) is 0. The summed E-state index contributed by atoms with van der Waals surface area (Å²) < 4.78 is 5.19. The molecule has 3 rings (SSSR count). The number of hydrogen-bond acceptors (Lipinski definition) is 4. The maximum Gasteiger partial charge on any atom is 0.340 e. The number of carbonyl (C=O) groups is 1. The fourth-order valence-corrected chi connectivity index (χ4v) is 3.48. The number of aromatic nitrogens is 2. The molecule has 2 aromatic heterocycles. The maximum absolute atomic E-state index is 12.3. The van der Waals surface area contributed by atoms with E-state index in [1.54, 1.807) is 11.3 Å². The smallest absolute Gasteiger partial charge is 0.340 e. The summed E-state index contributed by atoms with van der Waals surface area (Å²) >= 11 is 1.57. The summed E-state index contributed by atoms with van der Waals surface area (Å²) in [5, 5.41) is 2.93. The van der Waals surface area contributed by atoms with E-state index in [9.17, 15) is 4.79 Å². The lowest BCUT2D eigenvalue weighted by Gasteiger charge is -2.04. The number of carbonyl (C=O) groups excluding carboxylic acids is 1. The molecule has 2 heterocycles. The van der Waals surface area contributed by atoms with Crippen molar-refractivity contribution in [3.05, 3.63) is 52.7 Å². The topological polar surface area (TPSA) is 55.0 Å². The highest BCUT2D eigenvalue weighted by atomic mass is 32.1. The highest BCUT2D eigenvalue weighted by Crippen LogP contribution is 2.34. The van der Waals surface area contributed by atoms with Gasteiger partial charge in [-0.25, -0.2) is 9.78 Å². The number of benzene rings is 1. The number of H-pyrrole nitrogens is 1. The minimum Gasteiger partial charge on any atom is -0.462 e. The van der Waals surface area contributed by atoms with Crippen molar-refractivity contribution in [1.29, 1.82) is 0 Å². The molecule has 0 bridgehead atoms. The van der Waals surface area contributed by atoms with Crippen LogP contribution in [0.3, 0.4) is 0 Å². The first-order valence-electron chi connectivity index (χ1n) is 7.49. The van der Waals surface area contributed by atoms with E-state index in [1.165, 1.54) is 0 Å². The number of aryl methyl sites for hydroxylation is 2. The molecule has 0 amide bonds. The minimum absolute atomic E-state index is 0.307. The van der Waals surface area contributed by atoms with Crippen molar-refractivity contribution in [2.45, 2.75) is 20.8 Å². The zero-order valence-electron chi connectivity index (χ0n) is 13.3. The Balaban J connectivity index is 2.06. The molecule has 1 N–H and O–H groups in total. The number of nitrogens with one attached hydrogen (secondary N) is 1. The molecule has 0 fully saturated rings. The molecule has 5 heteroatoms. The zero-order chi connectivity index (χ0) is 16.4. The van der Waals surface area contributed by atoms with Crippen LogP contribution in [0.25, 0.3) is 21.8 Å². The standard InChI is InChI=1S/C18H18N2O2S/c1-4-22-18(21)16-12(3)19-11(2)15(16)14-10-23-17(20-14)13-8-6-5-7-9-13/h5-10,19H,4H2,1-3H3. The summed E-state index contributed by atoms with van der Waals surface area (Å²) in [5.41, 5.74) is 5.03. The summed E-state index contributed by atoms with van der Waals surface area (Å²) in [6, 6.07) is 10.0. The number of hydrogen-bond donors (Lipinski definition) is 1. The number of ether oxygens (including phenoxy) is 1. The Morgan fingerprint density at radius 2 is 1.96 bits per heavy atom. The second-order valence-corrected chi connectivity index (χ2v) is 6.11. The van der Waals surface area contributed by atoms with E-state index in [2.05, 4.69) is 4.98 Å². The van der Waals surface area contributed by atoms with Gasteiger partial charge >= 0.3 is 5.97 Å². The van der Waals surface area contributed by atoms with Gasteiger partial charge in [-0.2, -0.15) is 0 Å². The van der Waals surface area contributed by atoms with Crippen LogP contribution in [0.4, 0.5) is 0 Å². The van der Waals surface area contributed by atoms with Crippen molar-refractivity contribution < 1.29 is 9.53 Å². The molecule has 0 aliphatic heterocycles. The van der Waals surface area contributed by atoms with Crippen molar-refractivity contribution in [2.75, 3.05) is 6.61 Å². The molecule has 23 heavy (non-hydrogen) atoms. The van der Waals surface area contributed by atoms with Crippen LogP contribution in [-0.4, -0.2) is 22.5 Å². The van der Waals surface area contributed by atoms with Gasteiger partial charge < -0.3 is 9.72 Å². The van der Waals surface area contributed by atoms with Gasteiger partial charge in [-0.05, 0) is 20.8 Å². The first-order valence-corrected chi connectivity index (χ1v) is 8.37. The Morgan fingerprint density at radius 1 is 1.22 bits per heavy atom. The van der Waals surface area contributed by atoms with Gasteiger partial charge in [-0.15, -0.1) is 11.3 Å². The van der Waals surface area contributed by atoms with Crippen molar-refractivity contribution in [1.82, 2.24) is 9.97 Å². The van der Waals surface area contributed by atoms with Crippen LogP contribution < -0.4 is 0 Å². The van der Waals surface area contributed by atoms with Crippen LogP contribution in [0.5, 0.6) is 0 Å². The van der Waals surface area contributed by atoms with E-state index >= 15 is 0 Å². The molecule has 118 valence electrons. The number of aromatic amines is 1. The molecular weight excluding hydrogens is 308 g/mol. The molecule has 0 atom stereocenters. The van der Waals surface area contributed by atoms with Gasteiger partial charge in [0.15, 0.2) is 0 Å². The van der Waals surface area contributed by atoms with E-state index in [-0.39, 0.29) is 5.97 Å². The Bertz CT molecular complexity index is 834. The monoisotopic (exact) mass is 326 g/mol. The molecule has 0 saturated heterocycles. The highest BCUT2D eigenvalue weighted by Gasteiger charge is 2.23. The Kier molecular flexibility index (Phi) is 4.30. The lowest BCUT2D eigenvalue weighted by Crippen LogP contribution is -2.06. The number of esters is 1. The van der Waals surface area contributed by atoms with Gasteiger partial charge in [0, 0.05) is 27.9 Å². The molecule has 0 unspecified atom stereocenters. The normalized spacial score (nSPS) is 10.7. The van der Waals surface area contributed by atoms with Crippen LogP contribution in [0.15, 0.2) is 35.7 Å². The molecule has 0 aliphatic rings. The summed E-state index contributed by atoms with van der Waals surface area (Å²) in [7, 11) is 0. The summed E-state index contributed by atoms with van der Waals surface area (Å²) in [5.74, 6) is -0.307. The average molecular weight is 326 g/mol. The zero-order valence-corrected chi connectivity index (χ0v) is 14.2. The lowest BCUT2D eigenvalue weighted by atomic mass is 10.1. The quantitative estimate of drug-likeness (QED) is 0.713. The van der Waals surface area contributed by atoms with Gasteiger partial charge in [-0.3, -0.25) is 0 Å². The van der Waals surface area contributed by atoms with Crippen molar-refractivity contribution in [3.8, 4) is 21.8 Å². The van der Waals surface area contributed by atoms with Gasteiger partial charge in [0.05, 0.1) is 17.9 Å². The van der Waals surface area contributed by atoms with Crippen LogP contribution in [0.1, 0.15) is 28.7 Å². The molecular formula is C18H18N2O2S. The largest absolute Gasteiger partial charge is 0.462 e. The number of rotatable bonds is 4. The second kappa shape index (κ2) is 6.38. The SMILES string of the molecule is CCOC(=O)c1c(C)[nH]c(C)c1-c1csc(-c2ccccc2)n1. The first-order chi connectivity index (χ1) is 11.1.